The van der Waals surface area contributed by atoms with Crippen LogP contribution in [0.3, 0.4) is 0 Å². The Kier molecular flexibility index (Phi) is 3.78. The van der Waals surface area contributed by atoms with Gasteiger partial charge in [-0.3, -0.25) is 0 Å². The van der Waals surface area contributed by atoms with E-state index in [4.69, 9.17) is 0 Å². The molecule has 30 heavy (non-hydrogen) atoms. The molecular weight excluding hydrogens is 364 g/mol. The van der Waals surface area contributed by atoms with Crippen molar-refractivity contribution in [3.05, 3.63) is 81.8 Å². The molecule has 0 aliphatic heterocycles. The number of rotatable bonds is 3. The summed E-state index contributed by atoms with van der Waals surface area (Å²) in [4.78, 5) is 8.04. The Balaban J connectivity index is 1.34. The smallest absolute Gasteiger partial charge is 0.109 e. The maximum Gasteiger partial charge on any atom is 0.109 e. The summed E-state index contributed by atoms with van der Waals surface area (Å²) in [6, 6.07) is 11.9. The summed E-state index contributed by atoms with van der Waals surface area (Å²) in [5.41, 5.74) is 15.9. The van der Waals surface area contributed by atoms with Crippen molar-refractivity contribution in [3.63, 3.8) is 0 Å². The SMILES string of the molecule is CC(C)C1=CC2=C(C1)c1cc3c(cc1C2)-c1ccc(-c2cnc(C(C)C)[nH]2)cc1C3. The van der Waals surface area contributed by atoms with E-state index in [0.717, 1.165) is 30.8 Å². The average molecular weight is 393 g/mol. The molecule has 0 saturated heterocycles. The van der Waals surface area contributed by atoms with Crippen LogP contribution in [0.15, 0.2) is 53.8 Å². The van der Waals surface area contributed by atoms with Crippen LogP contribution in [0.5, 0.6) is 0 Å². The third-order valence-corrected chi connectivity index (χ3v) is 7.13. The van der Waals surface area contributed by atoms with Crippen LogP contribution in [-0.2, 0) is 12.8 Å². The Morgan fingerprint density at radius 3 is 2.33 bits per heavy atom. The molecule has 3 aliphatic carbocycles. The van der Waals surface area contributed by atoms with Crippen molar-refractivity contribution < 1.29 is 0 Å². The number of fused-ring (bicyclic) bond motifs is 5. The van der Waals surface area contributed by atoms with Crippen LogP contribution in [-0.4, -0.2) is 9.97 Å². The lowest BCUT2D eigenvalue weighted by Crippen LogP contribution is -1.95. The fourth-order valence-electron chi connectivity index (χ4n) is 5.35. The van der Waals surface area contributed by atoms with E-state index in [-0.39, 0.29) is 0 Å². The number of benzene rings is 2. The molecular formula is C28H28N2. The van der Waals surface area contributed by atoms with E-state index in [1.165, 1.54) is 38.9 Å². The number of hydrogen-bond donors (Lipinski definition) is 1. The first-order valence-corrected chi connectivity index (χ1v) is 11.2. The Labute approximate surface area is 178 Å². The third kappa shape index (κ3) is 2.59. The second kappa shape index (κ2) is 6.31. The number of hydrogen-bond acceptors (Lipinski definition) is 1. The molecule has 1 N–H and O–H groups in total. The van der Waals surface area contributed by atoms with Crippen LogP contribution in [0.4, 0.5) is 0 Å². The largest absolute Gasteiger partial charge is 0.342 e. The summed E-state index contributed by atoms with van der Waals surface area (Å²) in [7, 11) is 0. The van der Waals surface area contributed by atoms with Crippen molar-refractivity contribution in [1.82, 2.24) is 9.97 Å². The molecule has 2 heteroatoms. The van der Waals surface area contributed by atoms with Gasteiger partial charge in [0.15, 0.2) is 0 Å². The highest BCUT2D eigenvalue weighted by Crippen LogP contribution is 2.48. The van der Waals surface area contributed by atoms with Gasteiger partial charge in [-0.25, -0.2) is 4.98 Å². The molecule has 0 atom stereocenters. The zero-order valence-corrected chi connectivity index (χ0v) is 18.3. The molecule has 2 aromatic carbocycles. The van der Waals surface area contributed by atoms with E-state index < -0.39 is 0 Å². The van der Waals surface area contributed by atoms with Gasteiger partial charge in [0.05, 0.1) is 11.9 Å². The van der Waals surface area contributed by atoms with Gasteiger partial charge in [-0.15, -0.1) is 0 Å². The first-order valence-electron chi connectivity index (χ1n) is 11.2. The van der Waals surface area contributed by atoms with Crippen molar-refractivity contribution in [3.8, 4) is 22.4 Å². The standard InChI is InChI=1S/C28H28N2/c1-15(2)18-8-20-10-22-12-24-21(13-26(22)25(20)11-18)9-19-7-17(5-6-23(19)24)27-14-29-28(30-27)16(3)4/h5-8,12-16H,9-11H2,1-4H3,(H,29,30). The first kappa shape index (κ1) is 17.9. The second-order valence-corrected chi connectivity index (χ2v) is 9.78. The molecule has 0 amide bonds. The molecule has 2 nitrogen and oxygen atoms in total. The van der Waals surface area contributed by atoms with Gasteiger partial charge in [0.25, 0.3) is 0 Å². The van der Waals surface area contributed by atoms with Gasteiger partial charge in [0.1, 0.15) is 5.82 Å². The minimum atomic E-state index is 0.417. The van der Waals surface area contributed by atoms with E-state index >= 15 is 0 Å². The molecule has 3 aromatic rings. The lowest BCUT2D eigenvalue weighted by molar-refractivity contribution is 0.755. The van der Waals surface area contributed by atoms with Crippen LogP contribution in [0.25, 0.3) is 28.0 Å². The van der Waals surface area contributed by atoms with Crippen LogP contribution >= 0.6 is 0 Å². The van der Waals surface area contributed by atoms with Crippen molar-refractivity contribution in [2.45, 2.75) is 52.9 Å². The first-order chi connectivity index (χ1) is 14.5. The molecule has 6 rings (SSSR count). The van der Waals surface area contributed by atoms with Crippen molar-refractivity contribution in [2.24, 2.45) is 5.92 Å². The summed E-state index contributed by atoms with van der Waals surface area (Å²) in [5.74, 6) is 2.12. The van der Waals surface area contributed by atoms with Gasteiger partial charge >= 0.3 is 0 Å². The topological polar surface area (TPSA) is 28.7 Å². The van der Waals surface area contributed by atoms with Crippen LogP contribution in [0.1, 0.15) is 68.1 Å². The van der Waals surface area contributed by atoms with E-state index in [0.29, 0.717) is 11.8 Å². The minimum Gasteiger partial charge on any atom is -0.342 e. The zero-order chi connectivity index (χ0) is 20.6. The van der Waals surface area contributed by atoms with Gasteiger partial charge in [-0.05, 0) is 87.4 Å². The molecule has 1 aromatic heterocycles. The predicted molar refractivity (Wildman–Crippen MR) is 125 cm³/mol. The maximum absolute atomic E-state index is 4.55. The molecule has 0 saturated carbocycles. The van der Waals surface area contributed by atoms with Crippen molar-refractivity contribution in [2.75, 3.05) is 0 Å². The highest BCUT2D eigenvalue weighted by atomic mass is 14.9. The number of allylic oxidation sites excluding steroid dienone is 4. The van der Waals surface area contributed by atoms with Gasteiger partial charge in [-0.1, -0.05) is 57.5 Å². The van der Waals surface area contributed by atoms with Gasteiger partial charge < -0.3 is 4.98 Å². The number of nitrogens with zero attached hydrogens (tertiary/aromatic N) is 1. The Hall–Kier alpha value is -2.87. The fraction of sp³-hybridized carbons (Fsp3) is 0.321. The van der Waals surface area contributed by atoms with Crippen LogP contribution in [0.2, 0.25) is 0 Å². The Morgan fingerprint density at radius 2 is 1.57 bits per heavy atom. The maximum atomic E-state index is 4.55. The normalized spacial score (nSPS) is 16.3. The summed E-state index contributed by atoms with van der Waals surface area (Å²) in [6.07, 6.45) is 7.73. The molecule has 0 radical (unpaired) electrons. The number of nitrogens with one attached hydrogen (secondary N) is 1. The molecule has 0 bridgehead atoms. The second-order valence-electron chi connectivity index (χ2n) is 9.78. The number of H-pyrrole nitrogens is 1. The average Bonchev–Trinajstić information content (AvgIpc) is 3.47. The van der Waals surface area contributed by atoms with Crippen LogP contribution < -0.4 is 0 Å². The van der Waals surface area contributed by atoms with E-state index in [1.807, 2.05) is 6.20 Å². The number of aromatic amines is 1. The molecule has 0 unspecified atom stereocenters. The van der Waals surface area contributed by atoms with E-state index in [1.54, 1.807) is 16.7 Å². The number of imidazole rings is 1. The number of aromatic nitrogens is 2. The molecule has 0 spiro atoms. The van der Waals surface area contributed by atoms with Crippen molar-refractivity contribution in [1.29, 1.82) is 0 Å². The highest BCUT2D eigenvalue weighted by Gasteiger charge is 2.29. The molecule has 3 aliphatic rings. The van der Waals surface area contributed by atoms with Gasteiger partial charge in [0.2, 0.25) is 0 Å². The van der Waals surface area contributed by atoms with Crippen LogP contribution in [0, 0.1) is 5.92 Å². The summed E-state index contributed by atoms with van der Waals surface area (Å²) in [5, 5.41) is 0. The predicted octanol–water partition coefficient (Wildman–Crippen LogP) is 7.07. The Bertz CT molecular complexity index is 1260. The Morgan fingerprint density at radius 1 is 0.800 bits per heavy atom. The minimum absolute atomic E-state index is 0.417. The fourth-order valence-corrected chi connectivity index (χ4v) is 5.35. The lowest BCUT2D eigenvalue weighted by atomic mass is 9.92. The summed E-state index contributed by atoms with van der Waals surface area (Å²) < 4.78 is 0. The molecule has 0 fully saturated rings. The van der Waals surface area contributed by atoms with Crippen molar-refractivity contribution >= 4 is 5.57 Å². The van der Waals surface area contributed by atoms with Gasteiger partial charge in [-0.2, -0.15) is 0 Å². The third-order valence-electron chi connectivity index (χ3n) is 7.13. The molecule has 1 heterocycles. The monoisotopic (exact) mass is 392 g/mol. The molecule has 150 valence electrons. The lowest BCUT2D eigenvalue weighted by Gasteiger charge is -2.12. The summed E-state index contributed by atoms with van der Waals surface area (Å²) in [6.45, 7) is 8.98. The highest BCUT2D eigenvalue weighted by molar-refractivity contribution is 5.88. The van der Waals surface area contributed by atoms with E-state index in [9.17, 15) is 0 Å². The quantitative estimate of drug-likeness (QED) is 0.397. The zero-order valence-electron chi connectivity index (χ0n) is 18.3. The van der Waals surface area contributed by atoms with Gasteiger partial charge in [0, 0.05) is 5.92 Å². The van der Waals surface area contributed by atoms with E-state index in [2.05, 4.69) is 74.1 Å². The summed E-state index contributed by atoms with van der Waals surface area (Å²) >= 11 is 0.